The molecule has 0 heterocycles. The fourth-order valence-electron chi connectivity index (χ4n) is 0.442. The summed E-state index contributed by atoms with van der Waals surface area (Å²) in [4.78, 5) is 9.21. The molecule has 12 heavy (non-hydrogen) atoms. The fourth-order valence-corrected chi connectivity index (χ4v) is 1.33. The first-order chi connectivity index (χ1) is 5.60. The first-order valence-corrected chi connectivity index (χ1v) is 5.00. The zero-order chi connectivity index (χ0) is 9.56. The van der Waals surface area contributed by atoms with E-state index in [2.05, 4.69) is 13.2 Å². The molecule has 0 amide bonds. The van der Waals surface area contributed by atoms with Crippen LogP contribution in [0.2, 0.25) is 0 Å². The quantitative estimate of drug-likeness (QED) is 0.501. The lowest BCUT2D eigenvalue weighted by atomic mass is 10.4. The van der Waals surface area contributed by atoms with Crippen molar-refractivity contribution in [3.63, 3.8) is 0 Å². The van der Waals surface area contributed by atoms with Crippen LogP contribution in [0.3, 0.4) is 0 Å². The summed E-state index contributed by atoms with van der Waals surface area (Å²) in [6, 6.07) is 0. The average Bonchev–Trinajstić information content (AvgIpc) is 2.03. The molecule has 2 atom stereocenters. The van der Waals surface area contributed by atoms with Crippen molar-refractivity contribution in [2.75, 3.05) is 0 Å². The van der Waals surface area contributed by atoms with Crippen molar-refractivity contribution in [1.82, 2.24) is 0 Å². The third-order valence-corrected chi connectivity index (χ3v) is 2.38. The molecule has 0 aliphatic heterocycles. The van der Waals surface area contributed by atoms with Gasteiger partial charge in [-0.1, -0.05) is 12.2 Å². The molecular formula is C8H15O3Si. The Bertz CT molecular complexity index is 133. The summed E-state index contributed by atoms with van der Waals surface area (Å²) < 4.78 is 10.1. The van der Waals surface area contributed by atoms with E-state index in [9.17, 15) is 4.80 Å². The van der Waals surface area contributed by atoms with Crippen molar-refractivity contribution in [3.8, 4) is 0 Å². The molecule has 0 aromatic heterocycles. The van der Waals surface area contributed by atoms with Gasteiger partial charge < -0.3 is 13.6 Å². The van der Waals surface area contributed by atoms with E-state index in [1.807, 2.05) is 0 Å². The smallest absolute Gasteiger partial charge is 0.387 e. The molecule has 0 aromatic rings. The Morgan fingerprint density at radius 2 is 1.50 bits per heavy atom. The standard InChI is InChI=1S/C8H15O3Si/c1-5-7(3)10-12(9)11-8(4)6-2/h5-9H,1-2H2,3-4H3. The lowest BCUT2D eigenvalue weighted by Gasteiger charge is -2.14. The topological polar surface area (TPSA) is 38.7 Å². The second kappa shape index (κ2) is 6.13. The maximum atomic E-state index is 9.21. The lowest BCUT2D eigenvalue weighted by Crippen LogP contribution is -2.29. The number of hydrogen-bond donors (Lipinski definition) is 1. The molecule has 0 saturated carbocycles. The Balaban J connectivity index is 3.64. The van der Waals surface area contributed by atoms with Gasteiger partial charge in [-0.25, -0.2) is 0 Å². The normalized spacial score (nSPS) is 15.7. The van der Waals surface area contributed by atoms with Crippen LogP contribution in [0.1, 0.15) is 13.8 Å². The van der Waals surface area contributed by atoms with Crippen molar-refractivity contribution in [2.45, 2.75) is 26.1 Å². The first kappa shape index (κ1) is 11.6. The molecule has 1 N–H and O–H groups in total. The van der Waals surface area contributed by atoms with Crippen LogP contribution in [0, 0.1) is 0 Å². The van der Waals surface area contributed by atoms with E-state index >= 15 is 0 Å². The predicted octanol–water partition coefficient (Wildman–Crippen LogP) is 1.15. The van der Waals surface area contributed by atoms with Crippen LogP contribution in [-0.2, 0) is 8.85 Å². The van der Waals surface area contributed by atoms with Gasteiger partial charge in [0.05, 0.1) is 12.2 Å². The zero-order valence-electron chi connectivity index (χ0n) is 7.49. The Morgan fingerprint density at radius 1 is 1.17 bits per heavy atom. The molecule has 0 bridgehead atoms. The van der Waals surface area contributed by atoms with Crippen LogP contribution in [-0.4, -0.2) is 26.5 Å². The fraction of sp³-hybridized carbons (Fsp3) is 0.500. The van der Waals surface area contributed by atoms with Crippen molar-refractivity contribution in [1.29, 1.82) is 0 Å². The van der Waals surface area contributed by atoms with Gasteiger partial charge in [0.2, 0.25) is 0 Å². The molecule has 69 valence electrons. The van der Waals surface area contributed by atoms with E-state index in [-0.39, 0.29) is 12.2 Å². The molecule has 0 aliphatic rings. The van der Waals surface area contributed by atoms with Gasteiger partial charge in [0.1, 0.15) is 0 Å². The molecule has 3 nitrogen and oxygen atoms in total. The van der Waals surface area contributed by atoms with Gasteiger partial charge in [0.15, 0.2) is 0 Å². The maximum absolute atomic E-state index is 9.21. The highest BCUT2D eigenvalue weighted by molar-refractivity contribution is 6.34. The van der Waals surface area contributed by atoms with E-state index in [1.165, 1.54) is 0 Å². The van der Waals surface area contributed by atoms with Crippen LogP contribution < -0.4 is 0 Å². The Kier molecular flexibility index (Phi) is 5.92. The molecule has 0 aromatic carbocycles. The highest BCUT2D eigenvalue weighted by atomic mass is 28.3. The van der Waals surface area contributed by atoms with Crippen LogP contribution >= 0.6 is 0 Å². The van der Waals surface area contributed by atoms with Gasteiger partial charge in [0, 0.05) is 0 Å². The van der Waals surface area contributed by atoms with Gasteiger partial charge in [-0.15, -0.1) is 13.2 Å². The first-order valence-electron chi connectivity index (χ1n) is 3.74. The molecule has 4 heteroatoms. The summed E-state index contributed by atoms with van der Waals surface area (Å²) >= 11 is 0. The van der Waals surface area contributed by atoms with Gasteiger partial charge in [0.25, 0.3) is 0 Å². The molecule has 0 rings (SSSR count). The van der Waals surface area contributed by atoms with E-state index in [0.29, 0.717) is 0 Å². The second-order valence-corrected chi connectivity index (χ2v) is 3.39. The average molecular weight is 187 g/mol. The summed E-state index contributed by atoms with van der Waals surface area (Å²) in [6.45, 7) is 10.6. The summed E-state index contributed by atoms with van der Waals surface area (Å²) in [5.41, 5.74) is 0. The van der Waals surface area contributed by atoms with E-state index in [1.54, 1.807) is 26.0 Å². The van der Waals surface area contributed by atoms with Crippen molar-refractivity contribution in [2.24, 2.45) is 0 Å². The SMILES string of the molecule is C=CC(C)O[Si](O)OC(C)C=C. The minimum atomic E-state index is -2.15. The van der Waals surface area contributed by atoms with Crippen LogP contribution in [0.15, 0.2) is 25.3 Å². The zero-order valence-corrected chi connectivity index (χ0v) is 8.49. The van der Waals surface area contributed by atoms with Gasteiger partial charge in [-0.3, -0.25) is 0 Å². The summed E-state index contributed by atoms with van der Waals surface area (Å²) in [7, 11) is -2.15. The van der Waals surface area contributed by atoms with Crippen LogP contribution in [0.5, 0.6) is 0 Å². The lowest BCUT2D eigenvalue weighted by molar-refractivity contribution is 0.0974. The number of hydrogen-bond acceptors (Lipinski definition) is 3. The highest BCUT2D eigenvalue weighted by Gasteiger charge is 2.17. The maximum Gasteiger partial charge on any atom is 0.575 e. The minimum Gasteiger partial charge on any atom is -0.387 e. The van der Waals surface area contributed by atoms with E-state index in [0.717, 1.165) is 0 Å². The van der Waals surface area contributed by atoms with Crippen molar-refractivity contribution in [3.05, 3.63) is 25.3 Å². The predicted molar refractivity (Wildman–Crippen MR) is 49.5 cm³/mol. The summed E-state index contributed by atoms with van der Waals surface area (Å²) in [5.74, 6) is 0. The van der Waals surface area contributed by atoms with Gasteiger partial charge >= 0.3 is 9.53 Å². The Morgan fingerprint density at radius 3 is 1.75 bits per heavy atom. The van der Waals surface area contributed by atoms with Crippen molar-refractivity contribution < 1.29 is 13.6 Å². The third kappa shape index (κ3) is 5.26. The van der Waals surface area contributed by atoms with E-state index in [4.69, 9.17) is 8.85 Å². The monoisotopic (exact) mass is 187 g/mol. The third-order valence-electron chi connectivity index (χ3n) is 1.24. The van der Waals surface area contributed by atoms with Crippen LogP contribution in [0.25, 0.3) is 0 Å². The second-order valence-electron chi connectivity index (χ2n) is 2.38. The molecule has 2 unspecified atom stereocenters. The summed E-state index contributed by atoms with van der Waals surface area (Å²) in [6.07, 6.45) is 2.84. The Labute approximate surface area is 75.3 Å². The molecule has 0 aliphatic carbocycles. The summed E-state index contributed by atoms with van der Waals surface area (Å²) in [5, 5.41) is 0. The van der Waals surface area contributed by atoms with Crippen LogP contribution in [0.4, 0.5) is 0 Å². The van der Waals surface area contributed by atoms with Gasteiger partial charge in [-0.05, 0) is 13.8 Å². The largest absolute Gasteiger partial charge is 0.575 e. The molecular weight excluding hydrogens is 172 g/mol. The number of rotatable bonds is 6. The van der Waals surface area contributed by atoms with Gasteiger partial charge in [-0.2, -0.15) is 0 Å². The molecule has 1 radical (unpaired) electrons. The molecule has 0 spiro atoms. The minimum absolute atomic E-state index is 0.180. The van der Waals surface area contributed by atoms with E-state index < -0.39 is 9.53 Å². The Hall–Kier alpha value is -0.423. The van der Waals surface area contributed by atoms with Crippen molar-refractivity contribution >= 4 is 9.53 Å². The molecule has 0 saturated heterocycles. The highest BCUT2D eigenvalue weighted by Crippen LogP contribution is 1.99. The molecule has 0 fully saturated rings.